The fraction of sp³-hybridized carbons (Fsp3) is 0.214. The maximum absolute atomic E-state index is 12.0. The molecule has 0 fully saturated rings. The molecular weight excluding hydrogens is 372 g/mol. The van der Waals surface area contributed by atoms with E-state index in [0.717, 1.165) is 15.8 Å². The standard InChI is InChI=1S/C14H13BrN2O4S/c1-2-20-14(19)12-17-9(7-22-12)6-21-13(18)10-5-8(15)3-4-11(10)16/h3-5,7H,2,6,16H2,1H3. The molecule has 0 spiro atoms. The topological polar surface area (TPSA) is 91.5 Å². The van der Waals surface area contributed by atoms with Crippen LogP contribution in [0, 0.1) is 0 Å². The molecule has 6 nitrogen and oxygen atoms in total. The van der Waals surface area contributed by atoms with E-state index in [9.17, 15) is 9.59 Å². The molecular formula is C14H13BrN2O4S. The Morgan fingerprint density at radius 3 is 2.82 bits per heavy atom. The molecule has 0 aliphatic heterocycles. The first kappa shape index (κ1) is 16.4. The van der Waals surface area contributed by atoms with Gasteiger partial charge in [-0.1, -0.05) is 15.9 Å². The summed E-state index contributed by atoms with van der Waals surface area (Å²) in [6.07, 6.45) is 0. The number of carbonyl (C=O) groups excluding carboxylic acids is 2. The highest BCUT2D eigenvalue weighted by Gasteiger charge is 2.15. The van der Waals surface area contributed by atoms with Crippen LogP contribution in [0.1, 0.15) is 32.8 Å². The summed E-state index contributed by atoms with van der Waals surface area (Å²) in [7, 11) is 0. The number of nitrogens with two attached hydrogens (primary N) is 1. The Bertz CT molecular complexity index is 702. The van der Waals surface area contributed by atoms with E-state index in [1.165, 1.54) is 0 Å². The molecule has 2 N–H and O–H groups in total. The summed E-state index contributed by atoms with van der Waals surface area (Å²) in [6, 6.07) is 4.93. The van der Waals surface area contributed by atoms with Gasteiger partial charge in [0.1, 0.15) is 6.61 Å². The van der Waals surface area contributed by atoms with E-state index in [2.05, 4.69) is 20.9 Å². The van der Waals surface area contributed by atoms with Crippen LogP contribution in [0.5, 0.6) is 0 Å². The van der Waals surface area contributed by atoms with Gasteiger partial charge in [-0.3, -0.25) is 0 Å². The van der Waals surface area contributed by atoms with Gasteiger partial charge in [-0.05, 0) is 25.1 Å². The lowest BCUT2D eigenvalue weighted by Crippen LogP contribution is -2.09. The molecule has 0 saturated carbocycles. The first-order valence-electron chi connectivity index (χ1n) is 6.35. The zero-order chi connectivity index (χ0) is 16.1. The second kappa shape index (κ2) is 7.37. The number of esters is 2. The molecule has 1 heterocycles. The minimum Gasteiger partial charge on any atom is -0.461 e. The first-order chi connectivity index (χ1) is 10.5. The van der Waals surface area contributed by atoms with Gasteiger partial charge in [0.15, 0.2) is 0 Å². The predicted octanol–water partition coefficient (Wildman–Crippen LogP) is 3.02. The van der Waals surface area contributed by atoms with Gasteiger partial charge >= 0.3 is 11.9 Å². The van der Waals surface area contributed by atoms with E-state index in [1.54, 1.807) is 30.5 Å². The van der Waals surface area contributed by atoms with Crippen molar-refractivity contribution in [3.05, 3.63) is 44.3 Å². The predicted molar refractivity (Wildman–Crippen MR) is 85.7 cm³/mol. The third-order valence-corrected chi connectivity index (χ3v) is 3.95. The number of anilines is 1. The largest absolute Gasteiger partial charge is 0.461 e. The second-order valence-electron chi connectivity index (χ2n) is 4.17. The van der Waals surface area contributed by atoms with E-state index in [4.69, 9.17) is 15.2 Å². The summed E-state index contributed by atoms with van der Waals surface area (Å²) in [6.45, 7) is 1.96. The lowest BCUT2D eigenvalue weighted by molar-refractivity contribution is 0.0469. The Labute approximate surface area is 139 Å². The summed E-state index contributed by atoms with van der Waals surface area (Å²) in [5, 5.41) is 1.87. The number of benzene rings is 1. The zero-order valence-corrected chi connectivity index (χ0v) is 14.1. The highest BCUT2D eigenvalue weighted by atomic mass is 79.9. The van der Waals surface area contributed by atoms with Crippen molar-refractivity contribution < 1.29 is 19.1 Å². The summed E-state index contributed by atoms with van der Waals surface area (Å²) >= 11 is 4.41. The van der Waals surface area contributed by atoms with E-state index < -0.39 is 11.9 Å². The third-order valence-electron chi connectivity index (χ3n) is 2.59. The lowest BCUT2D eigenvalue weighted by Gasteiger charge is -2.06. The van der Waals surface area contributed by atoms with Gasteiger partial charge in [-0.15, -0.1) is 11.3 Å². The zero-order valence-electron chi connectivity index (χ0n) is 11.7. The van der Waals surface area contributed by atoms with Crippen molar-refractivity contribution in [3.63, 3.8) is 0 Å². The maximum Gasteiger partial charge on any atom is 0.367 e. The van der Waals surface area contributed by atoms with Crippen LogP contribution in [0.25, 0.3) is 0 Å². The molecule has 0 atom stereocenters. The Kier molecular flexibility index (Phi) is 5.51. The smallest absolute Gasteiger partial charge is 0.367 e. The average Bonchev–Trinajstić information content (AvgIpc) is 2.96. The van der Waals surface area contributed by atoms with Gasteiger partial charge in [0.2, 0.25) is 5.01 Å². The minimum atomic E-state index is -0.551. The molecule has 2 rings (SSSR count). The molecule has 22 heavy (non-hydrogen) atoms. The van der Waals surface area contributed by atoms with Gasteiger partial charge < -0.3 is 15.2 Å². The number of hydrogen-bond donors (Lipinski definition) is 1. The SMILES string of the molecule is CCOC(=O)c1nc(COC(=O)c2cc(Br)ccc2N)cs1. The maximum atomic E-state index is 12.0. The molecule has 0 unspecified atom stereocenters. The van der Waals surface area contributed by atoms with E-state index in [-0.39, 0.29) is 23.8 Å². The van der Waals surface area contributed by atoms with Crippen molar-refractivity contribution in [3.8, 4) is 0 Å². The number of thiazole rings is 1. The Hall–Kier alpha value is -1.93. The first-order valence-corrected chi connectivity index (χ1v) is 8.02. The molecule has 1 aromatic heterocycles. The number of carbonyl (C=O) groups is 2. The van der Waals surface area contributed by atoms with Gasteiger partial charge in [0.25, 0.3) is 0 Å². The number of aromatic nitrogens is 1. The summed E-state index contributed by atoms with van der Waals surface area (Å²) in [4.78, 5) is 27.6. The van der Waals surface area contributed by atoms with Crippen LogP contribution in [-0.4, -0.2) is 23.5 Å². The molecule has 0 aliphatic carbocycles. The summed E-state index contributed by atoms with van der Waals surface area (Å²) in [5.74, 6) is -1.04. The number of hydrogen-bond acceptors (Lipinski definition) is 7. The van der Waals surface area contributed by atoms with Crippen LogP contribution < -0.4 is 5.73 Å². The van der Waals surface area contributed by atoms with Crippen LogP contribution in [0.4, 0.5) is 5.69 Å². The van der Waals surface area contributed by atoms with E-state index >= 15 is 0 Å². The van der Waals surface area contributed by atoms with Crippen molar-refractivity contribution in [1.82, 2.24) is 4.98 Å². The molecule has 2 aromatic rings. The molecule has 116 valence electrons. The van der Waals surface area contributed by atoms with Crippen molar-refractivity contribution in [1.29, 1.82) is 0 Å². The van der Waals surface area contributed by atoms with E-state index in [1.807, 2.05) is 0 Å². The molecule has 1 aromatic carbocycles. The molecule has 0 amide bonds. The Morgan fingerprint density at radius 2 is 2.09 bits per heavy atom. The highest BCUT2D eigenvalue weighted by molar-refractivity contribution is 9.10. The highest BCUT2D eigenvalue weighted by Crippen LogP contribution is 2.20. The van der Waals surface area contributed by atoms with Crippen LogP contribution in [0.3, 0.4) is 0 Å². The quantitative estimate of drug-likeness (QED) is 0.629. The lowest BCUT2D eigenvalue weighted by atomic mass is 10.2. The number of rotatable bonds is 5. The van der Waals surface area contributed by atoms with Crippen LogP contribution >= 0.6 is 27.3 Å². The van der Waals surface area contributed by atoms with Gasteiger partial charge in [-0.25, -0.2) is 14.6 Å². The van der Waals surface area contributed by atoms with Gasteiger partial charge in [-0.2, -0.15) is 0 Å². The van der Waals surface area contributed by atoms with Crippen LogP contribution in [0.2, 0.25) is 0 Å². The van der Waals surface area contributed by atoms with Crippen molar-refractivity contribution >= 4 is 44.9 Å². The molecule has 8 heteroatoms. The fourth-order valence-corrected chi connectivity index (χ4v) is 2.64. The van der Waals surface area contributed by atoms with E-state index in [0.29, 0.717) is 11.4 Å². The monoisotopic (exact) mass is 384 g/mol. The average molecular weight is 385 g/mol. The van der Waals surface area contributed by atoms with Gasteiger partial charge in [0.05, 0.1) is 17.9 Å². The Morgan fingerprint density at radius 1 is 1.32 bits per heavy atom. The normalized spacial score (nSPS) is 10.3. The summed E-state index contributed by atoms with van der Waals surface area (Å²) in [5.41, 5.74) is 6.83. The van der Waals surface area contributed by atoms with Crippen molar-refractivity contribution in [2.75, 3.05) is 12.3 Å². The number of nitrogen functional groups attached to an aromatic ring is 1. The summed E-state index contributed by atoms with van der Waals surface area (Å²) < 4.78 is 10.7. The number of nitrogens with zero attached hydrogens (tertiary/aromatic N) is 1. The third kappa shape index (κ3) is 4.05. The van der Waals surface area contributed by atoms with Crippen LogP contribution in [-0.2, 0) is 16.1 Å². The van der Waals surface area contributed by atoms with Crippen LogP contribution in [0.15, 0.2) is 28.1 Å². The number of ether oxygens (including phenoxy) is 2. The molecule has 0 bridgehead atoms. The minimum absolute atomic E-state index is 0.0410. The van der Waals surface area contributed by atoms with Gasteiger partial charge in [0, 0.05) is 15.5 Å². The molecule has 0 saturated heterocycles. The second-order valence-corrected chi connectivity index (χ2v) is 5.95. The fourth-order valence-electron chi connectivity index (χ4n) is 1.58. The molecule has 0 radical (unpaired) electrons. The van der Waals surface area contributed by atoms with Crippen molar-refractivity contribution in [2.24, 2.45) is 0 Å². The van der Waals surface area contributed by atoms with Crippen molar-refractivity contribution in [2.45, 2.75) is 13.5 Å². The Balaban J connectivity index is 1.99. The molecule has 0 aliphatic rings. The number of halogens is 1.